The van der Waals surface area contributed by atoms with E-state index in [2.05, 4.69) is 4.74 Å². The molecule has 1 rings (SSSR count). The number of Topliss-reactive ketones (excluding diaryl/α,β-unsaturated/α-hetero) is 1. The van der Waals surface area contributed by atoms with Crippen molar-refractivity contribution in [2.24, 2.45) is 0 Å². The summed E-state index contributed by atoms with van der Waals surface area (Å²) in [5.74, 6) is -0.897. The minimum absolute atomic E-state index is 0.0655. The summed E-state index contributed by atoms with van der Waals surface area (Å²) in [7, 11) is 0. The van der Waals surface area contributed by atoms with Crippen LogP contribution in [0.25, 0.3) is 0 Å². The van der Waals surface area contributed by atoms with Crippen LogP contribution < -0.4 is 0 Å². The Balaban J connectivity index is 2.45. The number of halogens is 4. The lowest BCUT2D eigenvalue weighted by Gasteiger charge is -2.08. The zero-order valence-corrected chi connectivity index (χ0v) is 9.68. The largest absolute Gasteiger partial charge is 0.411 e. The number of rotatable bonds is 5. The predicted molar refractivity (Wildman–Crippen MR) is 56.7 cm³/mol. The van der Waals surface area contributed by atoms with Crippen LogP contribution in [-0.4, -0.2) is 25.2 Å². The van der Waals surface area contributed by atoms with Gasteiger partial charge in [-0.3, -0.25) is 4.79 Å². The summed E-state index contributed by atoms with van der Waals surface area (Å²) in [4.78, 5) is 11.3. The Labute approximate surface area is 102 Å². The van der Waals surface area contributed by atoms with Crippen molar-refractivity contribution in [3.63, 3.8) is 0 Å². The molecule has 0 amide bonds. The zero-order chi connectivity index (χ0) is 13.8. The van der Waals surface area contributed by atoms with Gasteiger partial charge in [0.15, 0.2) is 5.78 Å². The van der Waals surface area contributed by atoms with Gasteiger partial charge >= 0.3 is 6.18 Å². The van der Waals surface area contributed by atoms with E-state index in [0.29, 0.717) is 11.1 Å². The molecule has 1 aromatic carbocycles. The molecule has 0 saturated carbocycles. The fourth-order valence-corrected chi connectivity index (χ4v) is 1.40. The molecular formula is C12H12F4O2. The van der Waals surface area contributed by atoms with Gasteiger partial charge in [-0.1, -0.05) is 6.07 Å². The Bertz CT molecular complexity index is 427. The fourth-order valence-electron chi connectivity index (χ4n) is 1.40. The highest BCUT2D eigenvalue weighted by atomic mass is 19.4. The van der Waals surface area contributed by atoms with Crippen molar-refractivity contribution in [1.29, 1.82) is 0 Å². The van der Waals surface area contributed by atoms with Gasteiger partial charge in [-0.15, -0.1) is 0 Å². The molecule has 0 aliphatic heterocycles. The third kappa shape index (κ3) is 5.27. The maximum Gasteiger partial charge on any atom is 0.411 e. The molecule has 0 saturated heterocycles. The van der Waals surface area contributed by atoms with Crippen LogP contribution in [0.4, 0.5) is 17.6 Å². The third-order valence-corrected chi connectivity index (χ3v) is 2.22. The van der Waals surface area contributed by atoms with E-state index in [1.807, 2.05) is 0 Å². The molecule has 0 heterocycles. The highest BCUT2D eigenvalue weighted by molar-refractivity contribution is 5.82. The number of benzene rings is 1. The highest BCUT2D eigenvalue weighted by Gasteiger charge is 2.27. The highest BCUT2D eigenvalue weighted by Crippen LogP contribution is 2.15. The lowest BCUT2D eigenvalue weighted by Crippen LogP contribution is -2.21. The average molecular weight is 264 g/mol. The van der Waals surface area contributed by atoms with Gasteiger partial charge in [0, 0.05) is 6.42 Å². The number of carbonyl (C=O) groups is 1. The summed E-state index contributed by atoms with van der Waals surface area (Å²) in [5, 5.41) is 0. The van der Waals surface area contributed by atoms with Gasteiger partial charge in [-0.2, -0.15) is 13.2 Å². The molecule has 1 aromatic rings. The molecule has 6 heteroatoms. The monoisotopic (exact) mass is 264 g/mol. The molecule has 0 radical (unpaired) electrons. The number of hydrogen-bond donors (Lipinski definition) is 0. The van der Waals surface area contributed by atoms with Gasteiger partial charge in [0.25, 0.3) is 0 Å². The van der Waals surface area contributed by atoms with Crippen LogP contribution >= 0.6 is 0 Å². The number of carbonyl (C=O) groups excluding carboxylic acids is 1. The van der Waals surface area contributed by atoms with Crippen molar-refractivity contribution in [2.45, 2.75) is 19.5 Å². The Kier molecular flexibility index (Phi) is 4.84. The van der Waals surface area contributed by atoms with Crippen LogP contribution in [-0.2, 0) is 16.0 Å². The average Bonchev–Trinajstić information content (AvgIpc) is 2.20. The first-order valence-electron chi connectivity index (χ1n) is 5.19. The van der Waals surface area contributed by atoms with E-state index < -0.39 is 31.0 Å². The van der Waals surface area contributed by atoms with Crippen LogP contribution in [0, 0.1) is 12.7 Å². The van der Waals surface area contributed by atoms with Crippen LogP contribution in [0.1, 0.15) is 11.1 Å². The molecule has 100 valence electrons. The first kappa shape index (κ1) is 14.6. The molecule has 18 heavy (non-hydrogen) atoms. The quantitative estimate of drug-likeness (QED) is 0.764. The summed E-state index contributed by atoms with van der Waals surface area (Å²) >= 11 is 0. The summed E-state index contributed by atoms with van der Waals surface area (Å²) < 4.78 is 52.3. The van der Waals surface area contributed by atoms with Crippen LogP contribution in [0.5, 0.6) is 0 Å². The molecule has 2 nitrogen and oxygen atoms in total. The fraction of sp³-hybridized carbons (Fsp3) is 0.417. The standard InChI is InChI=1S/C12H12F4O2/c1-8-4-10(13)3-2-9(8)5-11(17)6-18-7-12(14,15)16/h2-4H,5-7H2,1H3. The Hall–Kier alpha value is -1.43. The number of ketones is 1. The van der Waals surface area contributed by atoms with Crippen molar-refractivity contribution in [2.75, 3.05) is 13.2 Å². The Morgan fingerprint density at radius 2 is 2.00 bits per heavy atom. The number of hydrogen-bond acceptors (Lipinski definition) is 2. The summed E-state index contributed by atoms with van der Waals surface area (Å²) in [6, 6.07) is 3.90. The second kappa shape index (κ2) is 5.95. The van der Waals surface area contributed by atoms with Crippen LogP contribution in [0.2, 0.25) is 0 Å². The van der Waals surface area contributed by atoms with E-state index in [0.717, 1.165) is 0 Å². The summed E-state index contributed by atoms with van der Waals surface area (Å²) in [6.07, 6.45) is -4.50. The molecule has 0 aliphatic rings. The van der Waals surface area contributed by atoms with E-state index >= 15 is 0 Å². The normalized spacial score (nSPS) is 11.6. The first-order chi connectivity index (χ1) is 8.28. The Morgan fingerprint density at radius 1 is 1.33 bits per heavy atom. The minimum Gasteiger partial charge on any atom is -0.364 e. The van der Waals surface area contributed by atoms with Gasteiger partial charge in [0.1, 0.15) is 19.0 Å². The number of alkyl halides is 3. The lowest BCUT2D eigenvalue weighted by atomic mass is 10.0. The maximum absolute atomic E-state index is 12.8. The first-order valence-corrected chi connectivity index (χ1v) is 5.19. The molecule has 0 bridgehead atoms. The van der Waals surface area contributed by atoms with E-state index in [9.17, 15) is 22.4 Å². The Morgan fingerprint density at radius 3 is 2.56 bits per heavy atom. The molecule has 0 atom stereocenters. The molecule has 0 N–H and O–H groups in total. The smallest absolute Gasteiger partial charge is 0.364 e. The van der Waals surface area contributed by atoms with Gasteiger partial charge in [0.2, 0.25) is 0 Å². The van der Waals surface area contributed by atoms with Crippen molar-refractivity contribution < 1.29 is 27.1 Å². The van der Waals surface area contributed by atoms with Crippen LogP contribution in [0.3, 0.4) is 0 Å². The van der Waals surface area contributed by atoms with Crippen molar-refractivity contribution in [3.05, 3.63) is 35.1 Å². The maximum atomic E-state index is 12.8. The van der Waals surface area contributed by atoms with Crippen LogP contribution in [0.15, 0.2) is 18.2 Å². The topological polar surface area (TPSA) is 26.3 Å². The van der Waals surface area contributed by atoms with Gasteiger partial charge in [-0.05, 0) is 30.2 Å². The van der Waals surface area contributed by atoms with E-state index in [1.54, 1.807) is 6.92 Å². The van der Waals surface area contributed by atoms with Crippen molar-refractivity contribution >= 4 is 5.78 Å². The summed E-state index contributed by atoms with van der Waals surface area (Å²) in [6.45, 7) is -0.417. The zero-order valence-electron chi connectivity index (χ0n) is 9.68. The van der Waals surface area contributed by atoms with Gasteiger partial charge in [-0.25, -0.2) is 4.39 Å². The van der Waals surface area contributed by atoms with E-state index in [1.165, 1.54) is 18.2 Å². The molecule has 0 aliphatic carbocycles. The number of ether oxygens (including phenoxy) is 1. The molecular weight excluding hydrogens is 252 g/mol. The van der Waals surface area contributed by atoms with E-state index in [-0.39, 0.29) is 6.42 Å². The molecule has 0 aromatic heterocycles. The predicted octanol–water partition coefficient (Wildman–Crippen LogP) is 2.82. The van der Waals surface area contributed by atoms with Gasteiger partial charge < -0.3 is 4.74 Å². The van der Waals surface area contributed by atoms with E-state index in [4.69, 9.17) is 0 Å². The molecule has 0 unspecified atom stereocenters. The number of aryl methyl sites for hydroxylation is 1. The summed E-state index contributed by atoms with van der Waals surface area (Å²) in [5.41, 5.74) is 1.16. The third-order valence-electron chi connectivity index (χ3n) is 2.22. The molecule has 0 fully saturated rings. The second-order valence-corrected chi connectivity index (χ2v) is 3.89. The molecule has 0 spiro atoms. The lowest BCUT2D eigenvalue weighted by molar-refractivity contribution is -0.175. The minimum atomic E-state index is -4.44. The van der Waals surface area contributed by atoms with Crippen molar-refractivity contribution in [1.82, 2.24) is 0 Å². The van der Waals surface area contributed by atoms with Gasteiger partial charge in [0.05, 0.1) is 0 Å². The van der Waals surface area contributed by atoms with Crippen molar-refractivity contribution in [3.8, 4) is 0 Å². The SMILES string of the molecule is Cc1cc(F)ccc1CC(=O)COCC(F)(F)F. The second-order valence-electron chi connectivity index (χ2n) is 3.89.